The number of hydrogen-bond acceptors (Lipinski definition) is 14. The summed E-state index contributed by atoms with van der Waals surface area (Å²) in [5.41, 5.74) is 5.06. The third-order valence-electron chi connectivity index (χ3n) is 12.8. The Hall–Kier alpha value is -4.90. The minimum atomic E-state index is -1.26. The highest BCUT2D eigenvalue weighted by Gasteiger charge is 2.51. The lowest BCUT2D eigenvalue weighted by atomic mass is 9.66. The first kappa shape index (κ1) is 41.5. The number of amides is 1. The molecule has 61 heavy (non-hydrogen) atoms. The molecule has 3 saturated heterocycles. The van der Waals surface area contributed by atoms with Gasteiger partial charge in [0.1, 0.15) is 37.1 Å². The zero-order chi connectivity index (χ0) is 42.2. The molecule has 15 nitrogen and oxygen atoms in total. The standard InChI is InChI=1S/C46H53NO14/c1-24-54-22-37-44(59-24)41(50)40(49)34(61-37)18-33-31-15-28-21-56-45(51)39(28)38(32(31)17-36-43(33)58-23-57-36)26-14-27(19-48)42(35(16-26)53-2)55-20-25-10-12-29(13-11-25)47-46(52)60-30-8-6-4-3-5-7-9-30/h6,8,10-14,16-17,24,28,30,34,37-41,44,48-50H,3-5,7,9,15,18-23H2,1-2H3,(H,47,52)/b8-6+/t24?,28-,30?,34-,37+,38+,39?,40-,41+,44+/m0/s1. The zero-order valence-corrected chi connectivity index (χ0v) is 34.3. The number of fused-ring (bicyclic) bond motifs is 4. The average Bonchev–Trinajstić information content (AvgIpc) is 3.88. The number of methoxy groups -OCH3 is 1. The number of hydrogen-bond donors (Lipinski definition) is 4. The monoisotopic (exact) mass is 843 g/mol. The van der Waals surface area contributed by atoms with E-state index in [1.807, 2.05) is 36.4 Å². The second-order valence-electron chi connectivity index (χ2n) is 16.6. The van der Waals surface area contributed by atoms with E-state index in [9.17, 15) is 24.9 Å². The van der Waals surface area contributed by atoms with Gasteiger partial charge in [0.05, 0.1) is 39.0 Å². The number of rotatable bonds is 10. The van der Waals surface area contributed by atoms with Crippen LogP contribution in [0.2, 0.25) is 0 Å². The lowest BCUT2D eigenvalue weighted by Gasteiger charge is -2.46. The van der Waals surface area contributed by atoms with Crippen LogP contribution in [0.15, 0.2) is 54.6 Å². The Balaban J connectivity index is 0.972. The van der Waals surface area contributed by atoms with Crippen LogP contribution in [0.4, 0.5) is 10.5 Å². The largest absolute Gasteiger partial charge is 0.493 e. The van der Waals surface area contributed by atoms with Gasteiger partial charge in [-0.3, -0.25) is 10.1 Å². The Bertz CT molecular complexity index is 2100. The number of carbonyl (C=O) groups excluding carboxylic acids is 2. The van der Waals surface area contributed by atoms with Crippen LogP contribution in [0, 0.1) is 11.8 Å². The average molecular weight is 844 g/mol. The van der Waals surface area contributed by atoms with Gasteiger partial charge < -0.3 is 58.0 Å². The van der Waals surface area contributed by atoms with Crippen molar-refractivity contribution in [3.63, 3.8) is 0 Å². The van der Waals surface area contributed by atoms with Crippen molar-refractivity contribution in [2.75, 3.05) is 32.4 Å². The minimum absolute atomic E-state index is 0.00963. The Morgan fingerprint density at radius 2 is 1.84 bits per heavy atom. The van der Waals surface area contributed by atoms with Crippen LogP contribution in [0.3, 0.4) is 0 Å². The molecule has 4 aliphatic heterocycles. The molecular formula is C46H53NO14. The molecule has 3 aromatic rings. The zero-order valence-electron chi connectivity index (χ0n) is 34.3. The number of anilines is 1. The number of benzene rings is 3. The van der Waals surface area contributed by atoms with Crippen molar-refractivity contribution in [2.45, 2.75) is 114 Å². The first-order valence-corrected chi connectivity index (χ1v) is 21.3. The molecule has 15 heteroatoms. The van der Waals surface area contributed by atoms with Crippen molar-refractivity contribution in [3.05, 3.63) is 88.0 Å². The number of nitrogens with one attached hydrogen (secondary N) is 1. The van der Waals surface area contributed by atoms with Crippen LogP contribution in [-0.2, 0) is 54.5 Å². The molecule has 326 valence electrons. The highest BCUT2D eigenvalue weighted by Crippen LogP contribution is 2.54. The minimum Gasteiger partial charge on any atom is -0.493 e. The van der Waals surface area contributed by atoms with E-state index in [0.717, 1.165) is 54.4 Å². The van der Waals surface area contributed by atoms with Crippen molar-refractivity contribution in [1.82, 2.24) is 0 Å². The van der Waals surface area contributed by atoms with E-state index >= 15 is 0 Å². The summed E-state index contributed by atoms with van der Waals surface area (Å²) in [6.45, 7) is 1.92. The first-order chi connectivity index (χ1) is 29.7. The second-order valence-corrected chi connectivity index (χ2v) is 16.6. The maximum absolute atomic E-state index is 13.6. The van der Waals surface area contributed by atoms with Crippen molar-refractivity contribution in [2.24, 2.45) is 11.8 Å². The second kappa shape index (κ2) is 17.8. The van der Waals surface area contributed by atoms with Gasteiger partial charge in [-0.15, -0.1) is 0 Å². The highest BCUT2D eigenvalue weighted by molar-refractivity contribution is 5.84. The predicted octanol–water partition coefficient (Wildman–Crippen LogP) is 5.20. The number of cyclic esters (lactones) is 1. The van der Waals surface area contributed by atoms with Crippen LogP contribution in [0.25, 0.3) is 0 Å². The fraction of sp³-hybridized carbons (Fsp3) is 0.522. The summed E-state index contributed by atoms with van der Waals surface area (Å²) in [4.78, 5) is 26.2. The van der Waals surface area contributed by atoms with Gasteiger partial charge in [0.2, 0.25) is 6.79 Å². The van der Waals surface area contributed by atoms with Gasteiger partial charge in [-0.05, 0) is 97.7 Å². The Labute approximate surface area is 353 Å². The van der Waals surface area contributed by atoms with E-state index in [4.69, 9.17) is 42.6 Å². The molecule has 0 saturated carbocycles. The first-order valence-electron chi connectivity index (χ1n) is 21.3. The van der Waals surface area contributed by atoms with Crippen LogP contribution >= 0.6 is 0 Å². The van der Waals surface area contributed by atoms with Crippen LogP contribution in [0.5, 0.6) is 23.0 Å². The Morgan fingerprint density at radius 3 is 2.66 bits per heavy atom. The molecule has 0 bridgehead atoms. The summed E-state index contributed by atoms with van der Waals surface area (Å²) in [6.07, 6.45) is 3.91. The number of aliphatic hydroxyl groups is 3. The van der Waals surface area contributed by atoms with Crippen molar-refractivity contribution in [1.29, 1.82) is 0 Å². The van der Waals surface area contributed by atoms with Gasteiger partial charge in [-0.1, -0.05) is 24.6 Å². The topological polar surface area (TPSA) is 190 Å². The fourth-order valence-electron chi connectivity index (χ4n) is 9.75. The van der Waals surface area contributed by atoms with Gasteiger partial charge in [-0.2, -0.15) is 0 Å². The lowest BCUT2D eigenvalue weighted by molar-refractivity contribution is -0.320. The van der Waals surface area contributed by atoms with E-state index in [-0.39, 0.29) is 57.6 Å². The number of esters is 1. The molecule has 1 amide bonds. The van der Waals surface area contributed by atoms with Crippen LogP contribution in [-0.4, -0.2) is 97.4 Å². The molecule has 2 aliphatic carbocycles. The van der Waals surface area contributed by atoms with Gasteiger partial charge in [0.25, 0.3) is 0 Å². The molecule has 3 unspecified atom stereocenters. The molecular weight excluding hydrogens is 790 g/mol. The van der Waals surface area contributed by atoms with E-state index in [2.05, 4.69) is 11.4 Å². The van der Waals surface area contributed by atoms with Gasteiger partial charge in [0, 0.05) is 35.1 Å². The van der Waals surface area contributed by atoms with Crippen molar-refractivity contribution in [3.8, 4) is 23.0 Å². The predicted molar refractivity (Wildman–Crippen MR) is 217 cm³/mol. The van der Waals surface area contributed by atoms with Gasteiger partial charge >= 0.3 is 12.1 Å². The third-order valence-corrected chi connectivity index (χ3v) is 12.8. The Kier molecular flexibility index (Phi) is 12.1. The molecule has 3 fully saturated rings. The van der Waals surface area contributed by atoms with Crippen molar-refractivity contribution < 1.29 is 67.5 Å². The number of ether oxygens (including phenoxy) is 9. The number of allylic oxidation sites excluding steroid dienone is 1. The molecule has 0 spiro atoms. The van der Waals surface area contributed by atoms with Gasteiger partial charge in [0.15, 0.2) is 29.3 Å². The summed E-state index contributed by atoms with van der Waals surface area (Å²) in [5, 5.41) is 36.1. The summed E-state index contributed by atoms with van der Waals surface area (Å²) < 4.78 is 53.3. The summed E-state index contributed by atoms with van der Waals surface area (Å²) in [5.74, 6) is 0.162. The molecule has 6 aliphatic rings. The molecule has 10 atom stereocenters. The summed E-state index contributed by atoms with van der Waals surface area (Å²) in [6, 6.07) is 12.8. The van der Waals surface area contributed by atoms with Crippen molar-refractivity contribution >= 4 is 17.7 Å². The lowest BCUT2D eigenvalue weighted by Crippen LogP contribution is -2.62. The molecule has 9 rings (SSSR count). The molecule has 0 aromatic heterocycles. The van der Waals surface area contributed by atoms with E-state index in [1.54, 1.807) is 19.1 Å². The van der Waals surface area contributed by atoms with Crippen LogP contribution in [0.1, 0.15) is 78.3 Å². The molecule has 0 radical (unpaired) electrons. The smallest absolute Gasteiger partial charge is 0.412 e. The summed E-state index contributed by atoms with van der Waals surface area (Å²) >= 11 is 0. The molecule has 3 aromatic carbocycles. The molecule has 4 heterocycles. The fourth-order valence-corrected chi connectivity index (χ4v) is 9.75. The number of carbonyl (C=O) groups is 2. The van der Waals surface area contributed by atoms with Gasteiger partial charge in [-0.25, -0.2) is 4.79 Å². The highest BCUT2D eigenvalue weighted by atomic mass is 16.7. The Morgan fingerprint density at radius 1 is 0.984 bits per heavy atom. The van der Waals surface area contributed by atoms with E-state index < -0.39 is 54.7 Å². The maximum Gasteiger partial charge on any atom is 0.412 e. The SMILES string of the molecule is COc1cc([C@@H]2c3cc4c(c(C[C@@H]5O[C@@H]6COC(C)O[C@H]6[C@H](O)[C@H]5O)c3C[C@H]3COC(=O)C32)OCO4)cc(CO)c1OCc1ccc(NC(=O)OC2/C=C/CCCCC2)cc1. The van der Waals surface area contributed by atoms with E-state index in [0.29, 0.717) is 46.2 Å². The van der Waals surface area contributed by atoms with Crippen LogP contribution < -0.4 is 24.3 Å². The summed E-state index contributed by atoms with van der Waals surface area (Å²) in [7, 11) is 1.52. The van der Waals surface area contributed by atoms with E-state index in [1.165, 1.54) is 7.11 Å². The third kappa shape index (κ3) is 8.39. The quantitative estimate of drug-likeness (QED) is 0.154. The molecule has 4 N–H and O–H groups in total. The number of aliphatic hydroxyl groups excluding tert-OH is 3. The maximum atomic E-state index is 13.6. The normalized spacial score (nSPS) is 30.7.